The third-order valence-corrected chi connectivity index (χ3v) is 3.94. The lowest BCUT2D eigenvalue weighted by atomic mass is 10.2. The standard InChI is InChI=1S/C16H14N4O2S.BrH/c1-22-14-5-4-10(15(17)21)7-12(14)19-16-20-13(9-23-16)11-3-2-6-18-8-11;/h2-9H,1H3,(H2,17,21)(H,19,20);1H. The number of thiazole rings is 1. The molecule has 0 spiro atoms. The van der Waals surface area contributed by atoms with Crippen molar-refractivity contribution in [2.45, 2.75) is 0 Å². The summed E-state index contributed by atoms with van der Waals surface area (Å²) in [6.07, 6.45) is 3.47. The minimum absolute atomic E-state index is 0. The molecule has 0 aliphatic carbocycles. The van der Waals surface area contributed by atoms with E-state index in [0.717, 1.165) is 11.3 Å². The van der Waals surface area contributed by atoms with E-state index in [1.807, 2.05) is 17.5 Å². The minimum Gasteiger partial charge on any atom is -0.495 e. The highest BCUT2D eigenvalue weighted by molar-refractivity contribution is 8.93. The Morgan fingerprint density at radius 1 is 1.33 bits per heavy atom. The topological polar surface area (TPSA) is 90.1 Å². The fourth-order valence-electron chi connectivity index (χ4n) is 2.05. The molecule has 1 amide bonds. The second-order valence-corrected chi connectivity index (χ2v) is 5.54. The Morgan fingerprint density at radius 2 is 2.17 bits per heavy atom. The van der Waals surface area contributed by atoms with Gasteiger partial charge in [-0.3, -0.25) is 9.78 Å². The number of halogens is 1. The van der Waals surface area contributed by atoms with E-state index in [9.17, 15) is 4.79 Å². The Labute approximate surface area is 153 Å². The predicted molar refractivity (Wildman–Crippen MR) is 100 cm³/mol. The van der Waals surface area contributed by atoms with Gasteiger partial charge in [-0.05, 0) is 30.3 Å². The van der Waals surface area contributed by atoms with E-state index in [2.05, 4.69) is 15.3 Å². The largest absolute Gasteiger partial charge is 0.495 e. The smallest absolute Gasteiger partial charge is 0.248 e. The average molecular weight is 407 g/mol. The Balaban J connectivity index is 0.00000208. The highest BCUT2D eigenvalue weighted by atomic mass is 79.9. The zero-order valence-corrected chi connectivity index (χ0v) is 15.3. The van der Waals surface area contributed by atoms with E-state index in [4.69, 9.17) is 10.5 Å². The molecule has 6 nitrogen and oxygen atoms in total. The second kappa shape index (κ2) is 7.89. The Bertz CT molecular complexity index is 839. The van der Waals surface area contributed by atoms with Crippen molar-refractivity contribution in [3.05, 3.63) is 53.7 Å². The lowest BCUT2D eigenvalue weighted by Gasteiger charge is -2.10. The molecule has 0 aliphatic heterocycles. The van der Waals surface area contributed by atoms with Crippen LogP contribution < -0.4 is 15.8 Å². The van der Waals surface area contributed by atoms with Gasteiger partial charge >= 0.3 is 0 Å². The molecule has 3 rings (SSSR count). The number of anilines is 2. The quantitative estimate of drug-likeness (QED) is 0.674. The van der Waals surface area contributed by atoms with E-state index in [0.29, 0.717) is 22.1 Å². The number of benzene rings is 1. The number of carbonyl (C=O) groups is 1. The normalized spacial score (nSPS) is 9.88. The van der Waals surface area contributed by atoms with Gasteiger partial charge in [0.1, 0.15) is 5.75 Å². The zero-order chi connectivity index (χ0) is 16.2. The predicted octanol–water partition coefficient (Wildman–Crippen LogP) is 3.63. The van der Waals surface area contributed by atoms with Crippen molar-refractivity contribution in [3.63, 3.8) is 0 Å². The summed E-state index contributed by atoms with van der Waals surface area (Å²) in [4.78, 5) is 19.9. The first-order valence-corrected chi connectivity index (χ1v) is 7.66. The molecule has 0 aliphatic rings. The van der Waals surface area contributed by atoms with E-state index >= 15 is 0 Å². The summed E-state index contributed by atoms with van der Waals surface area (Å²) < 4.78 is 5.30. The maximum atomic E-state index is 11.3. The van der Waals surface area contributed by atoms with Crippen LogP contribution in [0.1, 0.15) is 10.4 Å². The molecule has 8 heteroatoms. The molecule has 3 N–H and O–H groups in total. The number of pyridine rings is 1. The fraction of sp³-hybridized carbons (Fsp3) is 0.0625. The maximum absolute atomic E-state index is 11.3. The summed E-state index contributed by atoms with van der Waals surface area (Å²) >= 11 is 1.45. The van der Waals surface area contributed by atoms with Crippen molar-refractivity contribution in [3.8, 4) is 17.0 Å². The highest BCUT2D eigenvalue weighted by Gasteiger charge is 2.10. The maximum Gasteiger partial charge on any atom is 0.248 e. The van der Waals surface area contributed by atoms with Crippen LogP contribution in [-0.4, -0.2) is 23.0 Å². The number of nitrogens with zero attached hydrogens (tertiary/aromatic N) is 2. The number of hydrogen-bond acceptors (Lipinski definition) is 6. The lowest BCUT2D eigenvalue weighted by Crippen LogP contribution is -2.11. The fourth-order valence-corrected chi connectivity index (χ4v) is 2.78. The first-order chi connectivity index (χ1) is 11.2. The molecule has 0 fully saturated rings. The molecule has 1 aromatic carbocycles. The molecule has 0 radical (unpaired) electrons. The minimum atomic E-state index is -0.495. The second-order valence-electron chi connectivity index (χ2n) is 4.68. The zero-order valence-electron chi connectivity index (χ0n) is 12.7. The third kappa shape index (κ3) is 3.90. The molecule has 124 valence electrons. The number of primary amides is 1. The van der Waals surface area contributed by atoms with E-state index in [1.165, 1.54) is 11.3 Å². The molecule has 0 unspecified atom stereocenters. The van der Waals surface area contributed by atoms with Crippen LogP contribution in [0.15, 0.2) is 48.1 Å². The van der Waals surface area contributed by atoms with E-state index in [-0.39, 0.29) is 17.0 Å². The van der Waals surface area contributed by atoms with Gasteiger partial charge < -0.3 is 15.8 Å². The van der Waals surface area contributed by atoms with Crippen LogP contribution in [0.4, 0.5) is 10.8 Å². The number of ether oxygens (including phenoxy) is 1. The van der Waals surface area contributed by atoms with Gasteiger partial charge in [0.05, 0.1) is 18.5 Å². The first-order valence-electron chi connectivity index (χ1n) is 6.78. The molecule has 2 heterocycles. The summed E-state index contributed by atoms with van der Waals surface area (Å²) in [6.45, 7) is 0. The highest BCUT2D eigenvalue weighted by Crippen LogP contribution is 2.31. The number of rotatable bonds is 5. The Morgan fingerprint density at radius 3 is 2.83 bits per heavy atom. The molecule has 0 atom stereocenters. The number of hydrogen-bond donors (Lipinski definition) is 2. The summed E-state index contributed by atoms with van der Waals surface area (Å²) in [5.74, 6) is 0.110. The summed E-state index contributed by atoms with van der Waals surface area (Å²) in [6, 6.07) is 8.76. The number of nitrogens with one attached hydrogen (secondary N) is 1. The third-order valence-electron chi connectivity index (χ3n) is 3.19. The van der Waals surface area contributed by atoms with Crippen LogP contribution in [0.3, 0.4) is 0 Å². The monoisotopic (exact) mass is 406 g/mol. The van der Waals surface area contributed by atoms with Crippen molar-refractivity contribution in [2.24, 2.45) is 5.73 Å². The van der Waals surface area contributed by atoms with Crippen LogP contribution in [-0.2, 0) is 0 Å². The summed E-state index contributed by atoms with van der Waals surface area (Å²) in [5.41, 5.74) is 8.12. The van der Waals surface area contributed by atoms with Crippen molar-refractivity contribution in [1.82, 2.24) is 9.97 Å². The van der Waals surface area contributed by atoms with Gasteiger partial charge in [-0.15, -0.1) is 28.3 Å². The van der Waals surface area contributed by atoms with E-state index in [1.54, 1.807) is 37.7 Å². The molecule has 0 bridgehead atoms. The van der Waals surface area contributed by atoms with Crippen molar-refractivity contribution < 1.29 is 9.53 Å². The van der Waals surface area contributed by atoms with Gasteiger partial charge in [0.15, 0.2) is 5.13 Å². The van der Waals surface area contributed by atoms with Crippen LogP contribution in [0, 0.1) is 0 Å². The van der Waals surface area contributed by atoms with Crippen LogP contribution in [0.2, 0.25) is 0 Å². The summed E-state index contributed by atoms with van der Waals surface area (Å²) in [5, 5.41) is 5.78. The van der Waals surface area contributed by atoms with Crippen LogP contribution >= 0.6 is 28.3 Å². The molecule has 3 aromatic rings. The molecule has 24 heavy (non-hydrogen) atoms. The van der Waals surface area contributed by atoms with E-state index < -0.39 is 5.91 Å². The van der Waals surface area contributed by atoms with Crippen molar-refractivity contribution in [2.75, 3.05) is 12.4 Å². The molecule has 0 saturated heterocycles. The molecule has 0 saturated carbocycles. The molecular formula is C16H15BrN4O2S. The van der Waals surface area contributed by atoms with Gasteiger partial charge in [-0.25, -0.2) is 4.98 Å². The van der Waals surface area contributed by atoms with Crippen molar-refractivity contribution in [1.29, 1.82) is 0 Å². The van der Waals surface area contributed by atoms with Gasteiger partial charge in [0, 0.05) is 28.9 Å². The number of amides is 1. The Hall–Kier alpha value is -2.45. The Kier molecular flexibility index (Phi) is 5.88. The van der Waals surface area contributed by atoms with Gasteiger partial charge in [0.25, 0.3) is 0 Å². The summed E-state index contributed by atoms with van der Waals surface area (Å²) in [7, 11) is 1.56. The number of aromatic nitrogens is 2. The van der Waals surface area contributed by atoms with Gasteiger partial charge in [-0.1, -0.05) is 0 Å². The molecule has 2 aromatic heterocycles. The van der Waals surface area contributed by atoms with Gasteiger partial charge in [-0.2, -0.15) is 0 Å². The number of nitrogens with two attached hydrogens (primary N) is 1. The van der Waals surface area contributed by atoms with Gasteiger partial charge in [0.2, 0.25) is 5.91 Å². The van der Waals surface area contributed by atoms with Crippen LogP contribution in [0.5, 0.6) is 5.75 Å². The first kappa shape index (κ1) is 17.9. The van der Waals surface area contributed by atoms with Crippen LogP contribution in [0.25, 0.3) is 11.3 Å². The number of carbonyl (C=O) groups excluding carboxylic acids is 1. The lowest BCUT2D eigenvalue weighted by molar-refractivity contribution is 0.100. The SMILES string of the molecule is Br.COc1ccc(C(N)=O)cc1Nc1nc(-c2cccnc2)cs1. The van der Waals surface area contributed by atoms with Crippen molar-refractivity contribution >= 4 is 45.0 Å². The average Bonchev–Trinajstić information content (AvgIpc) is 3.04. The number of methoxy groups -OCH3 is 1. The molecular weight excluding hydrogens is 392 g/mol.